The Bertz CT molecular complexity index is 450. The Kier molecular flexibility index (Phi) is 4.33. The summed E-state index contributed by atoms with van der Waals surface area (Å²) in [6, 6.07) is 4.39. The minimum absolute atomic E-state index is 0.213. The second kappa shape index (κ2) is 5.98. The molecule has 0 aliphatic carbocycles. The highest BCUT2D eigenvalue weighted by atomic mass is 35.5. The zero-order valence-electron chi connectivity index (χ0n) is 9.73. The Hall–Kier alpha value is -1.39. The third kappa shape index (κ3) is 3.09. The van der Waals surface area contributed by atoms with Gasteiger partial charge >= 0.3 is 0 Å². The summed E-state index contributed by atoms with van der Waals surface area (Å²) in [6.45, 7) is 1.11. The van der Waals surface area contributed by atoms with Crippen molar-refractivity contribution >= 4 is 23.6 Å². The van der Waals surface area contributed by atoms with E-state index >= 15 is 0 Å². The molecule has 1 fully saturated rings. The normalized spacial score (nSPS) is 16.2. The lowest BCUT2D eigenvalue weighted by Gasteiger charge is -2.24. The van der Waals surface area contributed by atoms with E-state index in [1.165, 1.54) is 29.3 Å². The van der Waals surface area contributed by atoms with Crippen molar-refractivity contribution in [3.8, 4) is 0 Å². The third-order valence-electron chi connectivity index (χ3n) is 2.64. The molecule has 0 N–H and O–H groups in total. The fourth-order valence-electron chi connectivity index (χ4n) is 1.68. The molecule has 18 heavy (non-hydrogen) atoms. The van der Waals surface area contributed by atoms with Crippen molar-refractivity contribution in [3.63, 3.8) is 0 Å². The van der Waals surface area contributed by atoms with Crippen molar-refractivity contribution in [2.75, 3.05) is 13.2 Å². The van der Waals surface area contributed by atoms with Gasteiger partial charge in [-0.1, -0.05) is 17.7 Å². The molecule has 1 amide bonds. The van der Waals surface area contributed by atoms with Crippen LogP contribution in [0.3, 0.4) is 0 Å². The summed E-state index contributed by atoms with van der Waals surface area (Å²) in [5, 5.41) is 1.56. The first kappa shape index (κ1) is 13.1. The second-order valence-electron chi connectivity index (χ2n) is 3.95. The monoisotopic (exact) mass is 269 g/mol. The predicted molar refractivity (Wildman–Crippen MR) is 67.3 cm³/mol. The van der Waals surface area contributed by atoms with Crippen LogP contribution in [-0.4, -0.2) is 24.1 Å². The number of hydrogen-bond donors (Lipinski definition) is 0. The summed E-state index contributed by atoms with van der Waals surface area (Å²) >= 11 is 5.85. The first-order chi connectivity index (χ1) is 8.68. The molecule has 5 heteroatoms. The lowest BCUT2D eigenvalue weighted by molar-refractivity contribution is -0.191. The minimum Gasteiger partial charge on any atom is -0.271 e. The van der Waals surface area contributed by atoms with Crippen LogP contribution < -0.4 is 0 Å². The first-order valence-corrected chi connectivity index (χ1v) is 6.13. The molecule has 2 rings (SSSR count). The quantitative estimate of drug-likeness (QED) is 0.773. The Balaban J connectivity index is 2.08. The van der Waals surface area contributed by atoms with Gasteiger partial charge < -0.3 is 0 Å². The zero-order valence-corrected chi connectivity index (χ0v) is 10.5. The molecule has 0 radical (unpaired) electrons. The fraction of sp³-hybridized carbons (Fsp3) is 0.308. The Morgan fingerprint density at radius 3 is 2.94 bits per heavy atom. The molecule has 0 unspecified atom stereocenters. The fourth-order valence-corrected chi connectivity index (χ4v) is 1.90. The molecule has 96 valence electrons. The van der Waals surface area contributed by atoms with Crippen molar-refractivity contribution < 1.29 is 14.0 Å². The molecule has 0 atom stereocenters. The smallest absolute Gasteiger partial charge is 0.270 e. The molecule has 1 aromatic carbocycles. The summed E-state index contributed by atoms with van der Waals surface area (Å²) < 4.78 is 13.5. The average molecular weight is 270 g/mol. The van der Waals surface area contributed by atoms with E-state index in [9.17, 15) is 9.18 Å². The number of carbonyl (C=O) groups excluding carboxylic acids is 1. The molecule has 0 aromatic heterocycles. The van der Waals surface area contributed by atoms with Crippen LogP contribution in [0.4, 0.5) is 4.39 Å². The van der Waals surface area contributed by atoms with Gasteiger partial charge in [0.05, 0.1) is 11.6 Å². The van der Waals surface area contributed by atoms with Gasteiger partial charge in [-0.2, -0.15) is 0 Å². The Labute approximate surface area is 110 Å². The Morgan fingerprint density at radius 2 is 2.28 bits per heavy atom. The molecule has 0 saturated carbocycles. The number of rotatable bonds is 2. The van der Waals surface area contributed by atoms with Crippen molar-refractivity contribution in [3.05, 3.63) is 40.7 Å². The van der Waals surface area contributed by atoms with Gasteiger partial charge in [0.15, 0.2) is 0 Å². The number of benzene rings is 1. The average Bonchev–Trinajstić information content (AvgIpc) is 2.39. The highest BCUT2D eigenvalue weighted by Gasteiger charge is 2.15. The van der Waals surface area contributed by atoms with E-state index in [0.717, 1.165) is 12.8 Å². The molecular formula is C13H13ClFNO2. The van der Waals surface area contributed by atoms with E-state index < -0.39 is 5.82 Å². The summed E-state index contributed by atoms with van der Waals surface area (Å²) in [6.07, 6.45) is 4.51. The van der Waals surface area contributed by atoms with Crippen LogP contribution in [0.15, 0.2) is 24.3 Å². The molecular weight excluding hydrogens is 257 g/mol. The largest absolute Gasteiger partial charge is 0.271 e. The van der Waals surface area contributed by atoms with E-state index in [2.05, 4.69) is 0 Å². The topological polar surface area (TPSA) is 29.5 Å². The van der Waals surface area contributed by atoms with E-state index in [1.807, 2.05) is 0 Å². The standard InChI is InChI=1S/C13H13ClFNO2/c14-11-4-3-5-12(15)10(11)6-7-13(17)16-8-1-2-9-18-16/h3-7H,1-2,8-9H2/b7-6+. The highest BCUT2D eigenvalue weighted by molar-refractivity contribution is 6.32. The van der Waals surface area contributed by atoms with Gasteiger partial charge in [0, 0.05) is 18.2 Å². The van der Waals surface area contributed by atoms with E-state index in [-0.39, 0.29) is 16.5 Å². The molecule has 0 spiro atoms. The van der Waals surface area contributed by atoms with E-state index in [0.29, 0.717) is 13.2 Å². The van der Waals surface area contributed by atoms with Crippen LogP contribution >= 0.6 is 11.6 Å². The highest BCUT2D eigenvalue weighted by Crippen LogP contribution is 2.20. The molecule has 1 heterocycles. The lowest BCUT2D eigenvalue weighted by Crippen LogP contribution is -2.34. The number of amides is 1. The number of nitrogens with zero attached hydrogens (tertiary/aromatic N) is 1. The molecule has 1 aromatic rings. The summed E-state index contributed by atoms with van der Waals surface area (Å²) in [5.41, 5.74) is 0.213. The zero-order chi connectivity index (χ0) is 13.0. The third-order valence-corrected chi connectivity index (χ3v) is 2.97. The van der Waals surface area contributed by atoms with Crippen LogP contribution in [0.2, 0.25) is 5.02 Å². The Morgan fingerprint density at radius 1 is 1.44 bits per heavy atom. The molecule has 1 aliphatic rings. The van der Waals surface area contributed by atoms with Gasteiger partial charge in [-0.3, -0.25) is 9.63 Å². The van der Waals surface area contributed by atoms with Crippen molar-refractivity contribution in [2.24, 2.45) is 0 Å². The van der Waals surface area contributed by atoms with Crippen molar-refractivity contribution in [2.45, 2.75) is 12.8 Å². The lowest BCUT2D eigenvalue weighted by atomic mass is 10.2. The van der Waals surface area contributed by atoms with Crippen molar-refractivity contribution in [1.82, 2.24) is 5.06 Å². The van der Waals surface area contributed by atoms with E-state index in [1.54, 1.807) is 6.07 Å². The van der Waals surface area contributed by atoms with Crippen LogP contribution in [0.1, 0.15) is 18.4 Å². The molecule has 3 nitrogen and oxygen atoms in total. The van der Waals surface area contributed by atoms with Crippen LogP contribution in [-0.2, 0) is 9.63 Å². The first-order valence-electron chi connectivity index (χ1n) is 5.75. The second-order valence-corrected chi connectivity index (χ2v) is 4.36. The van der Waals surface area contributed by atoms with Crippen LogP contribution in [0, 0.1) is 5.82 Å². The molecule has 1 saturated heterocycles. The predicted octanol–water partition coefficient (Wildman–Crippen LogP) is 3.05. The summed E-state index contributed by atoms with van der Waals surface area (Å²) in [7, 11) is 0. The maximum absolute atomic E-state index is 13.5. The summed E-state index contributed by atoms with van der Waals surface area (Å²) in [4.78, 5) is 16.9. The van der Waals surface area contributed by atoms with Crippen molar-refractivity contribution in [1.29, 1.82) is 0 Å². The van der Waals surface area contributed by atoms with Gasteiger partial charge in [0.2, 0.25) is 0 Å². The maximum Gasteiger partial charge on any atom is 0.270 e. The van der Waals surface area contributed by atoms with Crippen LogP contribution in [0.25, 0.3) is 6.08 Å². The van der Waals surface area contributed by atoms with E-state index in [4.69, 9.17) is 16.4 Å². The van der Waals surface area contributed by atoms with Gasteiger partial charge in [-0.25, -0.2) is 9.45 Å². The van der Waals surface area contributed by atoms with Gasteiger partial charge in [-0.05, 0) is 31.1 Å². The van der Waals surface area contributed by atoms with Crippen LogP contribution in [0.5, 0.6) is 0 Å². The van der Waals surface area contributed by atoms with Gasteiger partial charge in [0.25, 0.3) is 5.91 Å². The number of hydrogen-bond acceptors (Lipinski definition) is 2. The minimum atomic E-state index is -0.453. The number of halogens is 2. The SMILES string of the molecule is O=C(/C=C/c1c(F)cccc1Cl)N1CCCCO1. The molecule has 1 aliphatic heterocycles. The summed E-state index contributed by atoms with van der Waals surface area (Å²) in [5.74, 6) is -0.750. The maximum atomic E-state index is 13.5. The number of carbonyl (C=O) groups is 1. The molecule has 0 bridgehead atoms. The van der Waals surface area contributed by atoms with Gasteiger partial charge in [0.1, 0.15) is 5.82 Å². The van der Waals surface area contributed by atoms with Gasteiger partial charge in [-0.15, -0.1) is 0 Å². The number of hydroxylamine groups is 2.